The first-order chi connectivity index (χ1) is 10.0. The maximum absolute atomic E-state index is 6.14. The van der Waals surface area contributed by atoms with Gasteiger partial charge in [-0.3, -0.25) is 0 Å². The molecule has 0 aliphatic heterocycles. The van der Waals surface area contributed by atoms with Gasteiger partial charge in [-0.2, -0.15) is 0 Å². The van der Waals surface area contributed by atoms with Gasteiger partial charge in [-0.15, -0.1) is 0 Å². The lowest BCUT2D eigenvalue weighted by atomic mass is 9.89. The normalized spacial score (nSPS) is 12.2. The molecule has 2 aromatic rings. The minimum atomic E-state index is 0.194. The first-order valence-corrected chi connectivity index (χ1v) is 7.52. The summed E-state index contributed by atoms with van der Waals surface area (Å²) in [4.78, 5) is 0. The summed E-state index contributed by atoms with van der Waals surface area (Å²) in [5.74, 6) is 1.04. The van der Waals surface area contributed by atoms with Crippen molar-refractivity contribution in [3.05, 3.63) is 63.7 Å². The van der Waals surface area contributed by atoms with Crippen molar-refractivity contribution >= 4 is 11.6 Å². The average Bonchev–Trinajstić information content (AvgIpc) is 2.48. The number of hydrogen-bond donors (Lipinski definition) is 1. The van der Waals surface area contributed by atoms with Crippen molar-refractivity contribution in [3.63, 3.8) is 0 Å². The number of aryl methyl sites for hydroxylation is 2. The van der Waals surface area contributed by atoms with Crippen LogP contribution in [-0.4, -0.2) is 13.7 Å². The van der Waals surface area contributed by atoms with E-state index in [4.69, 9.17) is 22.1 Å². The molecule has 0 saturated heterocycles. The van der Waals surface area contributed by atoms with Crippen molar-refractivity contribution in [1.82, 2.24) is 0 Å². The topological polar surface area (TPSA) is 35.2 Å². The second-order valence-electron chi connectivity index (χ2n) is 5.45. The van der Waals surface area contributed by atoms with Crippen LogP contribution in [0.5, 0.6) is 5.75 Å². The quantitative estimate of drug-likeness (QED) is 0.896. The zero-order valence-corrected chi connectivity index (χ0v) is 13.6. The Kier molecular flexibility index (Phi) is 5.27. The highest BCUT2D eigenvalue weighted by atomic mass is 35.5. The van der Waals surface area contributed by atoms with Crippen molar-refractivity contribution in [2.24, 2.45) is 5.73 Å². The van der Waals surface area contributed by atoms with E-state index in [1.54, 1.807) is 7.11 Å². The Balaban J connectivity index is 2.36. The molecule has 1 atom stereocenters. The lowest BCUT2D eigenvalue weighted by Gasteiger charge is -2.20. The first-order valence-electron chi connectivity index (χ1n) is 7.14. The predicted molar refractivity (Wildman–Crippen MR) is 89.4 cm³/mol. The molecule has 2 N–H and O–H groups in total. The summed E-state index contributed by atoms with van der Waals surface area (Å²) in [6, 6.07) is 12.2. The predicted octanol–water partition coefficient (Wildman–Crippen LogP) is 4.25. The Morgan fingerprint density at radius 2 is 1.90 bits per heavy atom. The Labute approximate surface area is 131 Å². The number of nitrogens with two attached hydrogens (primary N) is 1. The van der Waals surface area contributed by atoms with Crippen LogP contribution >= 0.6 is 11.6 Å². The van der Waals surface area contributed by atoms with Gasteiger partial charge in [-0.25, -0.2) is 0 Å². The van der Waals surface area contributed by atoms with E-state index >= 15 is 0 Å². The van der Waals surface area contributed by atoms with Gasteiger partial charge in [0.05, 0.1) is 7.11 Å². The van der Waals surface area contributed by atoms with Gasteiger partial charge in [0.25, 0.3) is 0 Å². The van der Waals surface area contributed by atoms with Crippen LogP contribution < -0.4 is 10.5 Å². The van der Waals surface area contributed by atoms with Crippen molar-refractivity contribution in [3.8, 4) is 5.75 Å². The molecule has 0 aliphatic rings. The van der Waals surface area contributed by atoms with Gasteiger partial charge in [-0.05, 0) is 56.1 Å². The fourth-order valence-corrected chi connectivity index (χ4v) is 2.81. The summed E-state index contributed by atoms with van der Waals surface area (Å²) in [5.41, 5.74) is 11.0. The fraction of sp³-hybridized carbons (Fsp3) is 0.333. The molecule has 2 aromatic carbocycles. The standard InChI is InChI=1S/C18H22ClNO/c1-12-4-5-13(2)14(8-12)9-15(11-20)17-10-16(19)6-7-18(17)21-3/h4-8,10,15H,9,11,20H2,1-3H3. The van der Waals surface area contributed by atoms with E-state index < -0.39 is 0 Å². The van der Waals surface area contributed by atoms with Crippen LogP contribution in [0.4, 0.5) is 0 Å². The lowest BCUT2D eigenvalue weighted by Crippen LogP contribution is -2.16. The molecule has 112 valence electrons. The third-order valence-electron chi connectivity index (χ3n) is 3.89. The third-order valence-corrected chi connectivity index (χ3v) is 4.12. The SMILES string of the molecule is COc1ccc(Cl)cc1C(CN)Cc1cc(C)ccc1C. The highest BCUT2D eigenvalue weighted by molar-refractivity contribution is 6.30. The molecular formula is C18H22ClNO. The summed E-state index contributed by atoms with van der Waals surface area (Å²) in [6.45, 7) is 4.81. The van der Waals surface area contributed by atoms with E-state index in [-0.39, 0.29) is 5.92 Å². The van der Waals surface area contributed by atoms with Crippen LogP contribution in [0.3, 0.4) is 0 Å². The van der Waals surface area contributed by atoms with Crippen LogP contribution in [0.2, 0.25) is 5.02 Å². The molecule has 0 fully saturated rings. The lowest BCUT2D eigenvalue weighted by molar-refractivity contribution is 0.405. The highest BCUT2D eigenvalue weighted by Gasteiger charge is 2.17. The van der Waals surface area contributed by atoms with Gasteiger partial charge in [-0.1, -0.05) is 35.4 Å². The molecule has 0 aliphatic carbocycles. The van der Waals surface area contributed by atoms with E-state index in [9.17, 15) is 0 Å². The molecule has 0 amide bonds. The summed E-state index contributed by atoms with van der Waals surface area (Å²) < 4.78 is 5.46. The van der Waals surface area contributed by atoms with E-state index in [1.165, 1.54) is 16.7 Å². The van der Waals surface area contributed by atoms with Crippen LogP contribution in [0.1, 0.15) is 28.2 Å². The van der Waals surface area contributed by atoms with Gasteiger partial charge in [0, 0.05) is 16.5 Å². The van der Waals surface area contributed by atoms with Crippen LogP contribution in [0.15, 0.2) is 36.4 Å². The molecule has 0 saturated carbocycles. The molecule has 0 aromatic heterocycles. The molecule has 1 unspecified atom stereocenters. The smallest absolute Gasteiger partial charge is 0.122 e. The molecule has 2 nitrogen and oxygen atoms in total. The maximum Gasteiger partial charge on any atom is 0.122 e. The average molecular weight is 304 g/mol. The number of hydrogen-bond acceptors (Lipinski definition) is 2. The number of ether oxygens (including phenoxy) is 1. The zero-order chi connectivity index (χ0) is 15.4. The molecule has 21 heavy (non-hydrogen) atoms. The maximum atomic E-state index is 6.14. The molecule has 0 radical (unpaired) electrons. The largest absolute Gasteiger partial charge is 0.496 e. The monoisotopic (exact) mass is 303 g/mol. The van der Waals surface area contributed by atoms with Gasteiger partial charge in [0.1, 0.15) is 5.75 Å². The molecule has 3 heteroatoms. The number of methoxy groups -OCH3 is 1. The van der Waals surface area contributed by atoms with Gasteiger partial charge < -0.3 is 10.5 Å². The van der Waals surface area contributed by atoms with E-state index in [2.05, 4.69) is 32.0 Å². The minimum absolute atomic E-state index is 0.194. The van der Waals surface area contributed by atoms with E-state index in [0.29, 0.717) is 11.6 Å². The molecular weight excluding hydrogens is 282 g/mol. The minimum Gasteiger partial charge on any atom is -0.496 e. The molecule has 2 rings (SSSR count). The fourth-order valence-electron chi connectivity index (χ4n) is 2.63. The van der Waals surface area contributed by atoms with Gasteiger partial charge >= 0.3 is 0 Å². The van der Waals surface area contributed by atoms with Crippen molar-refractivity contribution in [2.75, 3.05) is 13.7 Å². The van der Waals surface area contributed by atoms with Gasteiger partial charge in [0.2, 0.25) is 0 Å². The van der Waals surface area contributed by atoms with Crippen molar-refractivity contribution < 1.29 is 4.74 Å². The zero-order valence-electron chi connectivity index (χ0n) is 12.8. The van der Waals surface area contributed by atoms with Crippen LogP contribution in [-0.2, 0) is 6.42 Å². The summed E-state index contributed by atoms with van der Waals surface area (Å²) in [6.07, 6.45) is 0.890. The number of benzene rings is 2. The number of halogens is 1. The summed E-state index contributed by atoms with van der Waals surface area (Å²) in [7, 11) is 1.68. The molecule has 0 bridgehead atoms. The third kappa shape index (κ3) is 3.78. The van der Waals surface area contributed by atoms with Crippen molar-refractivity contribution in [2.45, 2.75) is 26.2 Å². The van der Waals surface area contributed by atoms with Crippen LogP contribution in [0.25, 0.3) is 0 Å². The summed E-state index contributed by atoms with van der Waals surface area (Å²) >= 11 is 6.14. The molecule has 0 heterocycles. The first kappa shape index (κ1) is 15.9. The molecule has 0 spiro atoms. The Morgan fingerprint density at radius 3 is 2.57 bits per heavy atom. The Morgan fingerprint density at radius 1 is 1.14 bits per heavy atom. The van der Waals surface area contributed by atoms with Crippen molar-refractivity contribution in [1.29, 1.82) is 0 Å². The summed E-state index contributed by atoms with van der Waals surface area (Å²) in [5, 5.41) is 0.713. The second-order valence-corrected chi connectivity index (χ2v) is 5.89. The highest BCUT2D eigenvalue weighted by Crippen LogP contribution is 2.32. The Bertz CT molecular complexity index is 625. The van der Waals surface area contributed by atoms with Crippen LogP contribution in [0, 0.1) is 13.8 Å². The number of rotatable bonds is 5. The second kappa shape index (κ2) is 6.97. The van der Waals surface area contributed by atoms with E-state index in [0.717, 1.165) is 17.7 Å². The van der Waals surface area contributed by atoms with E-state index in [1.807, 2.05) is 18.2 Å². The van der Waals surface area contributed by atoms with Gasteiger partial charge in [0.15, 0.2) is 0 Å². The Hall–Kier alpha value is -1.51.